The zero-order valence-electron chi connectivity index (χ0n) is 26.9. The number of likely N-dealkylation sites (tertiary alicyclic amines) is 2. The average Bonchev–Trinajstić information content (AvgIpc) is 3.53. The van der Waals surface area contributed by atoms with Crippen molar-refractivity contribution in [2.75, 3.05) is 65.7 Å². The maximum Gasteiger partial charge on any atom is 0.225 e. The summed E-state index contributed by atoms with van der Waals surface area (Å²) in [7, 11) is 0. The van der Waals surface area contributed by atoms with E-state index < -0.39 is 6.10 Å². The van der Waals surface area contributed by atoms with Crippen molar-refractivity contribution in [3.05, 3.63) is 0 Å². The number of hydrogen-bond acceptors (Lipinski definition) is 9. The topological polar surface area (TPSA) is 127 Å². The number of carbonyl (C=O) groups excluding carboxylic acids is 2. The van der Waals surface area contributed by atoms with Gasteiger partial charge in [-0.3, -0.25) is 20.2 Å². The molecule has 7 unspecified atom stereocenters. The first-order valence-electron chi connectivity index (χ1n) is 17.8. The summed E-state index contributed by atoms with van der Waals surface area (Å²) < 4.78 is 12.0. The summed E-state index contributed by atoms with van der Waals surface area (Å²) >= 11 is 0. The predicted molar refractivity (Wildman–Crippen MR) is 168 cm³/mol. The molecule has 11 nitrogen and oxygen atoms in total. The van der Waals surface area contributed by atoms with Crippen molar-refractivity contribution in [3.63, 3.8) is 0 Å². The van der Waals surface area contributed by atoms with Gasteiger partial charge in [-0.1, -0.05) is 13.3 Å². The predicted octanol–water partition coefficient (Wildman–Crippen LogP) is 0.869. The Balaban J connectivity index is 0.859. The fraction of sp³-hybridized carbons (Fsp3) is 0.939. The Hall–Kier alpha value is -1.34. The lowest BCUT2D eigenvalue weighted by Crippen LogP contribution is -2.56. The van der Waals surface area contributed by atoms with Crippen molar-refractivity contribution in [2.45, 2.75) is 102 Å². The van der Waals surface area contributed by atoms with Crippen LogP contribution < -0.4 is 21.3 Å². The van der Waals surface area contributed by atoms with E-state index in [1.54, 1.807) is 0 Å². The Bertz CT molecular complexity index is 940. The molecule has 250 valence electrons. The SMILES string of the molecule is CC1C(OCC2CNCO2)CCC2CN(C[C@@H](O)CNC(=O)C3CCNC(NC4CCN(C(=O)C5CCC5)CC4)C3)CCC21. The van der Waals surface area contributed by atoms with Gasteiger partial charge in [-0.25, -0.2) is 0 Å². The molecule has 6 fully saturated rings. The van der Waals surface area contributed by atoms with Gasteiger partial charge in [0.2, 0.25) is 11.8 Å². The minimum Gasteiger partial charge on any atom is -0.390 e. The molecule has 0 aromatic carbocycles. The molecule has 0 spiro atoms. The largest absolute Gasteiger partial charge is 0.390 e. The number of amides is 2. The molecule has 5 N–H and O–H groups in total. The van der Waals surface area contributed by atoms with E-state index in [1.165, 1.54) is 12.8 Å². The molecule has 6 rings (SSSR count). The summed E-state index contributed by atoms with van der Waals surface area (Å²) in [4.78, 5) is 30.1. The lowest BCUT2D eigenvalue weighted by Gasteiger charge is -2.47. The molecule has 44 heavy (non-hydrogen) atoms. The van der Waals surface area contributed by atoms with E-state index in [-0.39, 0.29) is 30.0 Å². The van der Waals surface area contributed by atoms with Crippen LogP contribution in [0.1, 0.15) is 71.1 Å². The second-order valence-corrected chi connectivity index (χ2v) is 14.7. The lowest BCUT2D eigenvalue weighted by atomic mass is 9.68. The number of ether oxygens (including phenoxy) is 2. The minimum atomic E-state index is -0.559. The second-order valence-electron chi connectivity index (χ2n) is 14.7. The highest BCUT2D eigenvalue weighted by Crippen LogP contribution is 2.41. The fourth-order valence-electron chi connectivity index (χ4n) is 8.71. The average molecular weight is 619 g/mol. The number of nitrogens with zero attached hydrogens (tertiary/aromatic N) is 2. The number of rotatable bonds is 11. The number of aliphatic hydroxyl groups is 1. The van der Waals surface area contributed by atoms with E-state index in [1.807, 2.05) is 0 Å². The molecular weight excluding hydrogens is 560 g/mol. The van der Waals surface area contributed by atoms with Crippen LogP contribution in [-0.4, -0.2) is 123 Å². The zero-order valence-corrected chi connectivity index (χ0v) is 26.9. The molecule has 0 aromatic rings. The fourth-order valence-corrected chi connectivity index (χ4v) is 8.71. The van der Waals surface area contributed by atoms with Crippen LogP contribution in [0.5, 0.6) is 0 Å². The number of carbonyl (C=O) groups is 2. The second kappa shape index (κ2) is 15.5. The summed E-state index contributed by atoms with van der Waals surface area (Å²) in [5.41, 5.74) is 0. The van der Waals surface area contributed by atoms with Gasteiger partial charge < -0.3 is 35.0 Å². The Morgan fingerprint density at radius 3 is 2.64 bits per heavy atom. The minimum absolute atomic E-state index is 0.0487. The van der Waals surface area contributed by atoms with Crippen LogP contribution in [-0.2, 0) is 19.1 Å². The first-order valence-corrected chi connectivity index (χ1v) is 17.8. The van der Waals surface area contributed by atoms with E-state index >= 15 is 0 Å². The molecule has 4 heterocycles. The molecule has 8 atom stereocenters. The van der Waals surface area contributed by atoms with Crippen LogP contribution in [0.2, 0.25) is 0 Å². The summed E-state index contributed by atoms with van der Waals surface area (Å²) in [5, 5.41) is 24.4. The smallest absolute Gasteiger partial charge is 0.225 e. The van der Waals surface area contributed by atoms with Crippen LogP contribution in [0.4, 0.5) is 0 Å². The first kappa shape index (κ1) is 32.6. The van der Waals surface area contributed by atoms with Crippen LogP contribution in [0.3, 0.4) is 0 Å². The highest BCUT2D eigenvalue weighted by Gasteiger charge is 2.41. The van der Waals surface area contributed by atoms with E-state index in [0.29, 0.717) is 62.2 Å². The normalized spacial score (nSPS) is 36.4. The van der Waals surface area contributed by atoms with Gasteiger partial charge in [-0.2, -0.15) is 0 Å². The molecule has 4 saturated heterocycles. The Morgan fingerprint density at radius 1 is 1.05 bits per heavy atom. The van der Waals surface area contributed by atoms with Gasteiger partial charge in [0.15, 0.2) is 0 Å². The van der Waals surface area contributed by atoms with Crippen molar-refractivity contribution >= 4 is 11.8 Å². The van der Waals surface area contributed by atoms with Crippen LogP contribution >= 0.6 is 0 Å². The Morgan fingerprint density at radius 2 is 1.89 bits per heavy atom. The van der Waals surface area contributed by atoms with Crippen molar-refractivity contribution in [1.82, 2.24) is 31.1 Å². The standard InChI is InChI=1S/C33H58N6O5/c1-22-29-10-12-38(18-25(29)5-6-30(22)43-20-28-17-34-21-44-28)19-27(40)16-36-32(41)24-7-11-35-31(15-24)37-26-8-13-39(14-9-26)33(42)23-3-2-4-23/h22-31,34-35,37,40H,2-21H2,1H3,(H,36,41)/t22?,24?,25?,27-,28?,29?,30?,31?/m0/s1. The number of hydrogen-bond donors (Lipinski definition) is 5. The van der Waals surface area contributed by atoms with Crippen LogP contribution in [0.25, 0.3) is 0 Å². The third-order valence-electron chi connectivity index (χ3n) is 11.7. The molecule has 2 amide bonds. The molecule has 11 heteroatoms. The van der Waals surface area contributed by atoms with Crippen LogP contribution in [0.15, 0.2) is 0 Å². The Kier molecular flexibility index (Phi) is 11.5. The summed E-state index contributed by atoms with van der Waals surface area (Å²) in [6.07, 6.45) is 10.3. The molecule has 6 aliphatic rings. The van der Waals surface area contributed by atoms with Crippen LogP contribution in [0, 0.1) is 29.6 Å². The number of piperidine rings is 3. The van der Waals surface area contributed by atoms with Gasteiger partial charge in [0, 0.05) is 57.1 Å². The highest BCUT2D eigenvalue weighted by atomic mass is 16.5. The van der Waals surface area contributed by atoms with Crippen molar-refractivity contribution in [3.8, 4) is 0 Å². The number of fused-ring (bicyclic) bond motifs is 1. The number of nitrogens with one attached hydrogen (secondary N) is 4. The molecule has 0 radical (unpaired) electrons. The van der Waals surface area contributed by atoms with Gasteiger partial charge in [-0.05, 0) is 88.6 Å². The molecule has 2 saturated carbocycles. The maximum atomic E-state index is 13.1. The summed E-state index contributed by atoms with van der Waals surface area (Å²) in [5.74, 6) is 2.52. The van der Waals surface area contributed by atoms with E-state index in [0.717, 1.165) is 90.6 Å². The maximum absolute atomic E-state index is 13.1. The van der Waals surface area contributed by atoms with Crippen molar-refractivity contribution in [2.24, 2.45) is 29.6 Å². The Labute approximate surface area is 263 Å². The van der Waals surface area contributed by atoms with Crippen molar-refractivity contribution in [1.29, 1.82) is 0 Å². The lowest BCUT2D eigenvalue weighted by molar-refractivity contribution is -0.139. The summed E-state index contributed by atoms with van der Waals surface area (Å²) in [6.45, 7) is 9.97. The molecular formula is C33H58N6O5. The quantitative estimate of drug-likeness (QED) is 0.229. The monoisotopic (exact) mass is 618 g/mol. The zero-order chi connectivity index (χ0) is 30.5. The van der Waals surface area contributed by atoms with E-state index in [2.05, 4.69) is 38.0 Å². The van der Waals surface area contributed by atoms with E-state index in [9.17, 15) is 14.7 Å². The van der Waals surface area contributed by atoms with Crippen molar-refractivity contribution < 1.29 is 24.2 Å². The molecule has 2 aliphatic carbocycles. The number of β-amino-alcohol motifs (C(OH)–C–C–N with tert-alkyl or cyclic N) is 1. The van der Waals surface area contributed by atoms with Gasteiger partial charge in [0.1, 0.15) is 0 Å². The molecule has 0 aromatic heterocycles. The number of aliphatic hydroxyl groups excluding tert-OH is 1. The summed E-state index contributed by atoms with van der Waals surface area (Å²) in [6, 6.07) is 0.375. The van der Waals surface area contributed by atoms with E-state index in [4.69, 9.17) is 9.47 Å². The van der Waals surface area contributed by atoms with Gasteiger partial charge in [0.25, 0.3) is 0 Å². The third kappa shape index (κ3) is 8.32. The van der Waals surface area contributed by atoms with Gasteiger partial charge in [-0.15, -0.1) is 0 Å². The molecule has 4 aliphatic heterocycles. The van der Waals surface area contributed by atoms with Gasteiger partial charge >= 0.3 is 0 Å². The highest BCUT2D eigenvalue weighted by molar-refractivity contribution is 5.79. The first-order chi connectivity index (χ1) is 21.4. The molecule has 0 bridgehead atoms. The van der Waals surface area contributed by atoms with Gasteiger partial charge in [0.05, 0.1) is 37.8 Å². The third-order valence-corrected chi connectivity index (χ3v) is 11.7.